The largest absolute Gasteiger partial charge is 0.459 e. The molecule has 0 aliphatic heterocycles. The topological polar surface area (TPSA) is 108 Å². The molecule has 0 spiro atoms. The zero-order valence-electron chi connectivity index (χ0n) is 18.8. The lowest BCUT2D eigenvalue weighted by Gasteiger charge is -2.21. The molecule has 1 aromatic carbocycles. The van der Waals surface area contributed by atoms with Gasteiger partial charge in [0.2, 0.25) is 0 Å². The van der Waals surface area contributed by atoms with Gasteiger partial charge in [0.15, 0.2) is 0 Å². The van der Waals surface area contributed by atoms with Crippen LogP contribution < -0.4 is 5.56 Å². The normalized spacial score (nSPS) is 11.2. The highest BCUT2D eigenvalue weighted by Gasteiger charge is 2.26. The number of fused-ring (bicyclic) bond motifs is 1. The van der Waals surface area contributed by atoms with Gasteiger partial charge in [0, 0.05) is 17.3 Å². The van der Waals surface area contributed by atoms with Crippen LogP contribution in [-0.2, 0) is 11.3 Å². The van der Waals surface area contributed by atoms with E-state index in [9.17, 15) is 14.4 Å². The number of aryl methyl sites for hydroxylation is 1. The van der Waals surface area contributed by atoms with Gasteiger partial charge in [0.1, 0.15) is 11.5 Å². The summed E-state index contributed by atoms with van der Waals surface area (Å²) in [7, 11) is 0. The molecule has 2 N–H and O–H groups in total. The molecule has 0 saturated carbocycles. The minimum absolute atomic E-state index is 0.105. The molecule has 0 aliphatic rings. The summed E-state index contributed by atoms with van der Waals surface area (Å²) in [4.78, 5) is 50.2. The number of ether oxygens (including phenoxy) is 1. The zero-order chi connectivity index (χ0) is 23.6. The maximum absolute atomic E-state index is 13.4. The number of benzene rings is 1. The molecule has 0 atom stereocenters. The van der Waals surface area contributed by atoms with Crippen LogP contribution >= 0.6 is 11.6 Å². The second-order valence-corrected chi connectivity index (χ2v) is 8.42. The molecule has 1 amide bonds. The highest BCUT2D eigenvalue weighted by molar-refractivity contribution is 6.31. The predicted octanol–water partition coefficient (Wildman–Crippen LogP) is 4.14. The number of rotatable bonds is 7. The number of nitrogens with one attached hydrogen (secondary N) is 2. The average Bonchev–Trinajstić information content (AvgIpc) is 3.00. The number of aromatic nitrogens is 3. The van der Waals surface area contributed by atoms with Gasteiger partial charge in [-0.2, -0.15) is 0 Å². The van der Waals surface area contributed by atoms with Crippen LogP contribution in [0.15, 0.2) is 23.0 Å². The van der Waals surface area contributed by atoms with Crippen LogP contribution in [0.4, 0.5) is 0 Å². The molecule has 170 valence electrons. The minimum atomic E-state index is -0.468. The number of nitrogens with zero attached hydrogens (tertiary/aromatic N) is 2. The second kappa shape index (κ2) is 9.56. The summed E-state index contributed by atoms with van der Waals surface area (Å²) >= 11 is 6.04. The first-order valence-corrected chi connectivity index (χ1v) is 10.9. The summed E-state index contributed by atoms with van der Waals surface area (Å²) < 4.78 is 5.31. The molecule has 0 fully saturated rings. The Morgan fingerprint density at radius 2 is 1.94 bits per heavy atom. The first-order valence-electron chi connectivity index (χ1n) is 10.5. The van der Waals surface area contributed by atoms with Crippen molar-refractivity contribution in [2.75, 3.05) is 6.54 Å². The van der Waals surface area contributed by atoms with Gasteiger partial charge in [-0.25, -0.2) is 9.78 Å². The van der Waals surface area contributed by atoms with E-state index in [1.54, 1.807) is 50.8 Å². The predicted molar refractivity (Wildman–Crippen MR) is 123 cm³/mol. The van der Waals surface area contributed by atoms with Crippen LogP contribution in [0.3, 0.4) is 0 Å². The molecule has 0 unspecified atom stereocenters. The maximum Gasteiger partial charge on any atom is 0.340 e. The van der Waals surface area contributed by atoms with E-state index in [1.807, 2.05) is 6.92 Å². The molecule has 0 bridgehead atoms. The molecule has 8 nitrogen and oxygen atoms in total. The summed E-state index contributed by atoms with van der Waals surface area (Å²) in [6, 6.07) is 4.86. The number of aromatic amines is 2. The summed E-state index contributed by atoms with van der Waals surface area (Å²) in [6.07, 6.45) is 0.437. The molecule has 2 aromatic heterocycles. The molecule has 0 saturated heterocycles. The summed E-state index contributed by atoms with van der Waals surface area (Å²) in [5.41, 5.74) is 1.95. The highest BCUT2D eigenvalue weighted by Crippen LogP contribution is 2.22. The van der Waals surface area contributed by atoms with Crippen LogP contribution in [-0.4, -0.2) is 44.4 Å². The van der Waals surface area contributed by atoms with E-state index in [1.165, 1.54) is 0 Å². The second-order valence-electron chi connectivity index (χ2n) is 7.98. The fraction of sp³-hybridized carbons (Fsp3) is 0.391. The number of hydrogen-bond donors (Lipinski definition) is 2. The van der Waals surface area contributed by atoms with E-state index in [-0.39, 0.29) is 24.1 Å². The molecule has 3 rings (SSSR count). The van der Waals surface area contributed by atoms with Crippen LogP contribution in [0, 0.1) is 13.8 Å². The number of amides is 1. The smallest absolute Gasteiger partial charge is 0.340 e. The number of H-pyrrole nitrogens is 2. The van der Waals surface area contributed by atoms with Gasteiger partial charge >= 0.3 is 5.97 Å². The van der Waals surface area contributed by atoms with Crippen molar-refractivity contribution in [3.8, 4) is 0 Å². The Morgan fingerprint density at radius 3 is 2.59 bits per heavy atom. The lowest BCUT2D eigenvalue weighted by Crippen LogP contribution is -2.33. The Morgan fingerprint density at radius 1 is 1.22 bits per heavy atom. The van der Waals surface area contributed by atoms with E-state index in [0.29, 0.717) is 57.2 Å². The zero-order valence-corrected chi connectivity index (χ0v) is 19.6. The number of carbonyl (C=O) groups excluding carboxylic acids is 2. The lowest BCUT2D eigenvalue weighted by atomic mass is 10.1. The van der Waals surface area contributed by atoms with Gasteiger partial charge < -0.3 is 19.6 Å². The average molecular weight is 459 g/mol. The lowest BCUT2D eigenvalue weighted by molar-refractivity contribution is 0.0376. The Labute approximate surface area is 190 Å². The third-order valence-corrected chi connectivity index (χ3v) is 5.27. The van der Waals surface area contributed by atoms with Gasteiger partial charge in [0.05, 0.1) is 29.1 Å². The van der Waals surface area contributed by atoms with E-state index < -0.39 is 5.97 Å². The standard InChI is InChI=1S/C23H27ClN4O4/c1-6-9-28(11-18-26-17-10-15(24)7-8-16(17)21(29)27-18)22(30)20-13(4)19(14(5)25-20)23(31)32-12(2)3/h7-8,10,12,25H,6,9,11H2,1-5H3,(H,26,27,29). The van der Waals surface area contributed by atoms with Gasteiger partial charge in [-0.1, -0.05) is 18.5 Å². The molecule has 0 radical (unpaired) electrons. The molecule has 32 heavy (non-hydrogen) atoms. The summed E-state index contributed by atoms with van der Waals surface area (Å²) in [5.74, 6) is -0.401. The van der Waals surface area contributed by atoms with Gasteiger partial charge in [-0.05, 0) is 57.9 Å². The van der Waals surface area contributed by atoms with Crippen LogP contribution in [0.5, 0.6) is 0 Å². The van der Waals surface area contributed by atoms with E-state index in [2.05, 4.69) is 15.0 Å². The van der Waals surface area contributed by atoms with Crippen LogP contribution in [0.2, 0.25) is 5.02 Å². The Hall–Kier alpha value is -3.13. The number of halogens is 1. The minimum Gasteiger partial charge on any atom is -0.459 e. The van der Waals surface area contributed by atoms with Crippen molar-refractivity contribution in [2.45, 2.75) is 53.7 Å². The number of carbonyl (C=O) groups is 2. The Kier molecular flexibility index (Phi) is 7.03. The number of esters is 1. The monoisotopic (exact) mass is 458 g/mol. The van der Waals surface area contributed by atoms with Crippen LogP contribution in [0.25, 0.3) is 10.9 Å². The molecule has 9 heteroatoms. The van der Waals surface area contributed by atoms with E-state index >= 15 is 0 Å². The van der Waals surface area contributed by atoms with Crippen molar-refractivity contribution in [2.24, 2.45) is 0 Å². The van der Waals surface area contributed by atoms with Gasteiger partial charge in [-0.3, -0.25) is 9.59 Å². The van der Waals surface area contributed by atoms with Crippen molar-refractivity contribution in [1.29, 1.82) is 0 Å². The molecule has 0 aliphatic carbocycles. The third kappa shape index (κ3) is 4.85. The molecule has 2 heterocycles. The summed E-state index contributed by atoms with van der Waals surface area (Å²) in [6.45, 7) is 9.50. The van der Waals surface area contributed by atoms with Crippen molar-refractivity contribution < 1.29 is 14.3 Å². The molecule has 3 aromatic rings. The quantitative estimate of drug-likeness (QED) is 0.517. The number of hydrogen-bond acceptors (Lipinski definition) is 5. The third-order valence-electron chi connectivity index (χ3n) is 5.04. The van der Waals surface area contributed by atoms with Gasteiger partial charge in [-0.15, -0.1) is 0 Å². The van der Waals surface area contributed by atoms with Gasteiger partial charge in [0.25, 0.3) is 11.5 Å². The van der Waals surface area contributed by atoms with E-state index in [0.717, 1.165) is 0 Å². The Balaban J connectivity index is 1.94. The van der Waals surface area contributed by atoms with E-state index in [4.69, 9.17) is 16.3 Å². The fourth-order valence-corrected chi connectivity index (χ4v) is 3.81. The van der Waals surface area contributed by atoms with Crippen LogP contribution in [0.1, 0.15) is 65.1 Å². The van der Waals surface area contributed by atoms with Crippen molar-refractivity contribution in [3.05, 3.63) is 61.9 Å². The van der Waals surface area contributed by atoms with Crippen molar-refractivity contribution in [1.82, 2.24) is 19.9 Å². The molecular formula is C23H27ClN4O4. The summed E-state index contributed by atoms with van der Waals surface area (Å²) in [5, 5.41) is 0.900. The SMILES string of the molecule is CCCN(Cc1nc2cc(Cl)ccc2c(=O)[nH]1)C(=O)c1[nH]c(C)c(C(=O)OC(C)C)c1C. The first kappa shape index (κ1) is 23.5. The maximum atomic E-state index is 13.4. The highest BCUT2D eigenvalue weighted by atomic mass is 35.5. The molecular weight excluding hydrogens is 432 g/mol. The van der Waals surface area contributed by atoms with Crippen molar-refractivity contribution in [3.63, 3.8) is 0 Å². The first-order chi connectivity index (χ1) is 15.1. The van der Waals surface area contributed by atoms with Crippen molar-refractivity contribution >= 4 is 34.4 Å². The fourth-order valence-electron chi connectivity index (χ4n) is 3.64. The Bertz CT molecular complexity index is 1230.